The fourth-order valence-corrected chi connectivity index (χ4v) is 1.85. The van der Waals surface area contributed by atoms with Gasteiger partial charge >= 0.3 is 0 Å². The van der Waals surface area contributed by atoms with Crippen LogP contribution < -0.4 is 10.1 Å². The lowest BCUT2D eigenvalue weighted by atomic mass is 10.2. The lowest BCUT2D eigenvalue weighted by molar-refractivity contribution is 0.472. The molecule has 0 heterocycles. The van der Waals surface area contributed by atoms with Crippen molar-refractivity contribution in [3.63, 3.8) is 0 Å². The van der Waals surface area contributed by atoms with Crippen LogP contribution in [0.4, 0.5) is 4.39 Å². The fourth-order valence-electron chi connectivity index (χ4n) is 1.61. The zero-order chi connectivity index (χ0) is 13.0. The Balaban J connectivity index is 2.28. The second-order valence-electron chi connectivity index (χ2n) is 3.80. The quantitative estimate of drug-likeness (QED) is 0.902. The average Bonchev–Trinajstić information content (AvgIpc) is 2.36. The molecule has 0 saturated heterocycles. The van der Waals surface area contributed by atoms with Gasteiger partial charge in [0.25, 0.3) is 0 Å². The topological polar surface area (TPSA) is 21.3 Å². The highest BCUT2D eigenvalue weighted by atomic mass is 35.5. The van der Waals surface area contributed by atoms with Gasteiger partial charge in [0.2, 0.25) is 0 Å². The summed E-state index contributed by atoms with van der Waals surface area (Å²) in [6.45, 7) is 0.607. The number of hydrogen-bond donors (Lipinski definition) is 1. The van der Waals surface area contributed by atoms with Crippen LogP contribution in [0.5, 0.6) is 11.5 Å². The second kappa shape index (κ2) is 5.85. The van der Waals surface area contributed by atoms with E-state index in [1.807, 2.05) is 25.2 Å². The molecule has 0 atom stereocenters. The molecule has 0 aromatic heterocycles. The van der Waals surface area contributed by atoms with Crippen LogP contribution in [0.2, 0.25) is 5.02 Å². The molecule has 4 heteroatoms. The van der Waals surface area contributed by atoms with E-state index in [4.69, 9.17) is 16.3 Å². The number of halogens is 2. The van der Waals surface area contributed by atoms with Crippen molar-refractivity contribution >= 4 is 11.6 Å². The molecule has 2 aromatic rings. The molecule has 2 rings (SSSR count). The van der Waals surface area contributed by atoms with Crippen LogP contribution >= 0.6 is 11.6 Å². The smallest absolute Gasteiger partial charge is 0.133 e. The Labute approximate surface area is 110 Å². The maximum absolute atomic E-state index is 12.8. The van der Waals surface area contributed by atoms with Crippen molar-refractivity contribution in [2.45, 2.75) is 6.54 Å². The van der Waals surface area contributed by atoms with Crippen molar-refractivity contribution in [2.75, 3.05) is 7.05 Å². The predicted octanol–water partition coefficient (Wildman–Crippen LogP) is 3.99. The van der Waals surface area contributed by atoms with Gasteiger partial charge in [0.05, 0.1) is 0 Å². The summed E-state index contributed by atoms with van der Waals surface area (Å²) < 4.78 is 18.5. The van der Waals surface area contributed by atoms with Crippen LogP contribution in [0, 0.1) is 5.82 Å². The SMILES string of the molecule is CNCc1c(Cl)cccc1Oc1ccc(F)cc1. The molecule has 0 saturated carbocycles. The predicted molar refractivity (Wildman–Crippen MR) is 70.7 cm³/mol. The zero-order valence-electron chi connectivity index (χ0n) is 9.91. The minimum absolute atomic E-state index is 0.288. The van der Waals surface area contributed by atoms with E-state index in [0.717, 1.165) is 5.56 Å². The van der Waals surface area contributed by atoms with Crippen molar-refractivity contribution in [1.82, 2.24) is 5.32 Å². The Hall–Kier alpha value is -1.58. The lowest BCUT2D eigenvalue weighted by Gasteiger charge is -2.12. The number of hydrogen-bond acceptors (Lipinski definition) is 2. The van der Waals surface area contributed by atoms with E-state index >= 15 is 0 Å². The van der Waals surface area contributed by atoms with Crippen LogP contribution in [-0.2, 0) is 6.54 Å². The zero-order valence-corrected chi connectivity index (χ0v) is 10.7. The standard InChI is InChI=1S/C14H13ClFNO/c1-17-9-12-13(15)3-2-4-14(12)18-11-7-5-10(16)6-8-11/h2-8,17H,9H2,1H3. The van der Waals surface area contributed by atoms with Crippen molar-refractivity contribution in [1.29, 1.82) is 0 Å². The van der Waals surface area contributed by atoms with Gasteiger partial charge in [0.15, 0.2) is 0 Å². The third-order valence-electron chi connectivity index (χ3n) is 2.47. The van der Waals surface area contributed by atoms with E-state index in [9.17, 15) is 4.39 Å². The second-order valence-corrected chi connectivity index (χ2v) is 4.21. The van der Waals surface area contributed by atoms with Crippen LogP contribution in [0.25, 0.3) is 0 Å². The Morgan fingerprint density at radius 3 is 2.56 bits per heavy atom. The van der Waals surface area contributed by atoms with Crippen LogP contribution in [-0.4, -0.2) is 7.05 Å². The van der Waals surface area contributed by atoms with Crippen molar-refractivity contribution in [2.24, 2.45) is 0 Å². The Morgan fingerprint density at radius 1 is 1.17 bits per heavy atom. The number of nitrogens with one attached hydrogen (secondary N) is 1. The van der Waals surface area contributed by atoms with E-state index in [0.29, 0.717) is 23.1 Å². The molecule has 0 aliphatic heterocycles. The molecule has 0 bridgehead atoms. The highest BCUT2D eigenvalue weighted by molar-refractivity contribution is 6.31. The molecule has 0 radical (unpaired) electrons. The Bertz CT molecular complexity index is 528. The first kappa shape index (κ1) is 12.9. The third kappa shape index (κ3) is 3.00. The van der Waals surface area contributed by atoms with Crippen molar-refractivity contribution in [3.05, 3.63) is 58.9 Å². The maximum atomic E-state index is 12.8. The summed E-state index contributed by atoms with van der Waals surface area (Å²) in [7, 11) is 1.84. The molecular formula is C14H13ClFNO. The molecule has 0 amide bonds. The molecule has 0 aliphatic carbocycles. The van der Waals surface area contributed by atoms with Gasteiger partial charge < -0.3 is 10.1 Å². The summed E-state index contributed by atoms with van der Waals surface area (Å²) in [5.74, 6) is 0.961. The number of rotatable bonds is 4. The summed E-state index contributed by atoms with van der Waals surface area (Å²) >= 11 is 6.12. The van der Waals surface area contributed by atoms with E-state index in [1.165, 1.54) is 12.1 Å². The Morgan fingerprint density at radius 2 is 1.89 bits per heavy atom. The van der Waals surface area contributed by atoms with Crippen LogP contribution in [0.1, 0.15) is 5.56 Å². The molecule has 1 N–H and O–H groups in total. The van der Waals surface area contributed by atoms with E-state index in [2.05, 4.69) is 5.32 Å². The van der Waals surface area contributed by atoms with Gasteiger partial charge in [-0.25, -0.2) is 4.39 Å². The molecule has 18 heavy (non-hydrogen) atoms. The van der Waals surface area contributed by atoms with Gasteiger partial charge in [-0.05, 0) is 43.4 Å². The first-order chi connectivity index (χ1) is 8.70. The fraction of sp³-hybridized carbons (Fsp3) is 0.143. The van der Waals surface area contributed by atoms with Gasteiger partial charge in [-0.1, -0.05) is 17.7 Å². The monoisotopic (exact) mass is 265 g/mol. The molecule has 2 nitrogen and oxygen atoms in total. The maximum Gasteiger partial charge on any atom is 0.133 e. The molecule has 0 fully saturated rings. The normalized spacial score (nSPS) is 10.4. The van der Waals surface area contributed by atoms with Crippen LogP contribution in [0.3, 0.4) is 0 Å². The minimum atomic E-state index is -0.288. The van der Waals surface area contributed by atoms with E-state index in [-0.39, 0.29) is 5.82 Å². The molecule has 0 unspecified atom stereocenters. The number of ether oxygens (including phenoxy) is 1. The van der Waals surface area contributed by atoms with Gasteiger partial charge in [-0.3, -0.25) is 0 Å². The van der Waals surface area contributed by atoms with Gasteiger partial charge in [0.1, 0.15) is 17.3 Å². The highest BCUT2D eigenvalue weighted by Gasteiger charge is 2.08. The average molecular weight is 266 g/mol. The van der Waals surface area contributed by atoms with Crippen molar-refractivity contribution in [3.8, 4) is 11.5 Å². The van der Waals surface area contributed by atoms with Gasteiger partial charge in [0, 0.05) is 17.1 Å². The molecule has 2 aromatic carbocycles. The lowest BCUT2D eigenvalue weighted by Crippen LogP contribution is -2.07. The first-order valence-corrected chi connectivity index (χ1v) is 5.94. The summed E-state index contributed by atoms with van der Waals surface area (Å²) in [6.07, 6.45) is 0. The summed E-state index contributed by atoms with van der Waals surface area (Å²) in [4.78, 5) is 0. The third-order valence-corrected chi connectivity index (χ3v) is 2.82. The Kier molecular flexibility index (Phi) is 4.18. The molecule has 94 valence electrons. The summed E-state index contributed by atoms with van der Waals surface area (Å²) in [5, 5.41) is 3.68. The van der Waals surface area contributed by atoms with E-state index in [1.54, 1.807) is 12.1 Å². The molecule has 0 aliphatic rings. The first-order valence-electron chi connectivity index (χ1n) is 5.56. The highest BCUT2D eigenvalue weighted by Crippen LogP contribution is 2.30. The molecular weight excluding hydrogens is 253 g/mol. The molecule has 0 spiro atoms. The minimum Gasteiger partial charge on any atom is -0.457 e. The van der Waals surface area contributed by atoms with Crippen LogP contribution in [0.15, 0.2) is 42.5 Å². The number of benzene rings is 2. The van der Waals surface area contributed by atoms with Gasteiger partial charge in [-0.15, -0.1) is 0 Å². The summed E-state index contributed by atoms with van der Waals surface area (Å²) in [6, 6.07) is 11.3. The summed E-state index contributed by atoms with van der Waals surface area (Å²) in [5.41, 5.74) is 0.881. The van der Waals surface area contributed by atoms with Gasteiger partial charge in [-0.2, -0.15) is 0 Å². The van der Waals surface area contributed by atoms with Crippen molar-refractivity contribution < 1.29 is 9.13 Å². The largest absolute Gasteiger partial charge is 0.457 e. The van der Waals surface area contributed by atoms with E-state index < -0.39 is 0 Å².